The molecule has 0 atom stereocenters. The topological polar surface area (TPSA) is 73.1 Å². The van der Waals surface area contributed by atoms with Crippen LogP contribution in [0.3, 0.4) is 0 Å². The Kier molecular flexibility index (Phi) is 5.28. The number of anilines is 1. The maximum atomic E-state index is 5.38. The van der Waals surface area contributed by atoms with Crippen LogP contribution in [0.5, 0.6) is 5.88 Å². The van der Waals surface area contributed by atoms with Crippen molar-refractivity contribution in [2.75, 3.05) is 25.0 Å². The van der Waals surface area contributed by atoms with Crippen molar-refractivity contribution in [3.05, 3.63) is 24.0 Å². The summed E-state index contributed by atoms with van der Waals surface area (Å²) in [5, 5.41) is 3.17. The van der Waals surface area contributed by atoms with Gasteiger partial charge in [0.05, 0.1) is 12.2 Å². The van der Waals surface area contributed by atoms with Gasteiger partial charge in [0.1, 0.15) is 12.1 Å². The molecule has 3 N–H and O–H groups in total. The Hall–Kier alpha value is -1.62. The molecular formula is C11H18N4O. The summed E-state index contributed by atoms with van der Waals surface area (Å²) in [5.41, 5.74) is 6.26. The summed E-state index contributed by atoms with van der Waals surface area (Å²) >= 11 is 0. The number of nitrogens with zero attached hydrogens (tertiary/aromatic N) is 2. The van der Waals surface area contributed by atoms with Crippen molar-refractivity contribution >= 4 is 5.82 Å². The monoisotopic (exact) mass is 222 g/mol. The minimum atomic E-state index is 0.550. The molecule has 0 aliphatic carbocycles. The Bertz CT molecular complexity index is 352. The van der Waals surface area contributed by atoms with Crippen LogP contribution in [0.15, 0.2) is 18.5 Å². The van der Waals surface area contributed by atoms with E-state index in [1.165, 1.54) is 6.33 Å². The Morgan fingerprint density at radius 2 is 2.25 bits per heavy atom. The Labute approximate surface area is 95.7 Å². The molecule has 16 heavy (non-hydrogen) atoms. The molecule has 0 saturated heterocycles. The molecule has 1 aromatic heterocycles. The highest BCUT2D eigenvalue weighted by Crippen LogP contribution is 2.19. The molecule has 5 nitrogen and oxygen atoms in total. The number of nitrogens with one attached hydrogen (secondary N) is 1. The molecule has 1 heterocycles. The fourth-order valence-corrected chi connectivity index (χ4v) is 1.23. The molecule has 0 aliphatic heterocycles. The quantitative estimate of drug-likeness (QED) is 0.705. The SMILES string of the molecule is CCOc1ncnc(NC/C=C/CN)c1C. The summed E-state index contributed by atoms with van der Waals surface area (Å²) < 4.78 is 5.38. The highest BCUT2D eigenvalue weighted by atomic mass is 16.5. The normalized spacial score (nSPS) is 10.7. The summed E-state index contributed by atoms with van der Waals surface area (Å²) in [7, 11) is 0. The van der Waals surface area contributed by atoms with E-state index in [0.717, 1.165) is 11.4 Å². The van der Waals surface area contributed by atoms with E-state index in [0.29, 0.717) is 25.6 Å². The lowest BCUT2D eigenvalue weighted by atomic mass is 10.3. The van der Waals surface area contributed by atoms with Crippen molar-refractivity contribution in [3.8, 4) is 5.88 Å². The number of hydrogen-bond donors (Lipinski definition) is 2. The first-order chi connectivity index (χ1) is 7.79. The van der Waals surface area contributed by atoms with Gasteiger partial charge in [-0.3, -0.25) is 0 Å². The van der Waals surface area contributed by atoms with Crippen LogP contribution in [0.25, 0.3) is 0 Å². The van der Waals surface area contributed by atoms with Gasteiger partial charge in [-0.1, -0.05) is 12.2 Å². The summed E-state index contributed by atoms with van der Waals surface area (Å²) in [5.74, 6) is 1.42. The molecule has 0 bridgehead atoms. The van der Waals surface area contributed by atoms with Crippen molar-refractivity contribution in [2.45, 2.75) is 13.8 Å². The highest BCUT2D eigenvalue weighted by Gasteiger charge is 2.05. The maximum Gasteiger partial charge on any atom is 0.221 e. The van der Waals surface area contributed by atoms with Gasteiger partial charge in [-0.15, -0.1) is 0 Å². The minimum Gasteiger partial charge on any atom is -0.478 e. The average Bonchev–Trinajstić information content (AvgIpc) is 2.29. The van der Waals surface area contributed by atoms with E-state index in [2.05, 4.69) is 15.3 Å². The summed E-state index contributed by atoms with van der Waals surface area (Å²) in [6, 6.07) is 0. The van der Waals surface area contributed by atoms with Crippen LogP contribution in [0.4, 0.5) is 5.82 Å². The predicted octanol–water partition coefficient (Wildman–Crippen LogP) is 1.11. The molecule has 1 aromatic rings. The second kappa shape index (κ2) is 6.79. The van der Waals surface area contributed by atoms with Crippen LogP contribution in [-0.4, -0.2) is 29.7 Å². The fourth-order valence-electron chi connectivity index (χ4n) is 1.23. The van der Waals surface area contributed by atoms with Gasteiger partial charge in [0.15, 0.2) is 0 Å². The molecular weight excluding hydrogens is 204 g/mol. The van der Waals surface area contributed by atoms with Gasteiger partial charge in [0.2, 0.25) is 5.88 Å². The Balaban J connectivity index is 2.65. The van der Waals surface area contributed by atoms with Gasteiger partial charge in [0.25, 0.3) is 0 Å². The summed E-state index contributed by atoms with van der Waals surface area (Å²) in [6.07, 6.45) is 5.35. The summed E-state index contributed by atoms with van der Waals surface area (Å²) in [6.45, 7) is 5.71. The second-order valence-electron chi connectivity index (χ2n) is 3.17. The molecule has 5 heteroatoms. The smallest absolute Gasteiger partial charge is 0.221 e. The van der Waals surface area contributed by atoms with E-state index in [1.54, 1.807) is 0 Å². The molecule has 0 radical (unpaired) electrons. The zero-order valence-electron chi connectivity index (χ0n) is 9.73. The van der Waals surface area contributed by atoms with Gasteiger partial charge >= 0.3 is 0 Å². The Morgan fingerprint density at radius 3 is 2.94 bits per heavy atom. The first kappa shape index (κ1) is 12.4. The molecule has 88 valence electrons. The standard InChI is InChI=1S/C11H18N4O/c1-3-16-11-9(2)10(14-8-15-11)13-7-5-4-6-12/h4-5,8H,3,6-7,12H2,1-2H3,(H,13,14,15)/b5-4+. The highest BCUT2D eigenvalue weighted by molar-refractivity contribution is 5.47. The van der Waals surface area contributed by atoms with E-state index in [9.17, 15) is 0 Å². The minimum absolute atomic E-state index is 0.550. The number of nitrogens with two attached hydrogens (primary N) is 1. The van der Waals surface area contributed by atoms with E-state index in [4.69, 9.17) is 10.5 Å². The van der Waals surface area contributed by atoms with Crippen LogP contribution in [0.1, 0.15) is 12.5 Å². The van der Waals surface area contributed by atoms with E-state index in [1.807, 2.05) is 26.0 Å². The lowest BCUT2D eigenvalue weighted by Crippen LogP contribution is -2.06. The lowest BCUT2D eigenvalue weighted by Gasteiger charge is -2.09. The van der Waals surface area contributed by atoms with Crippen molar-refractivity contribution < 1.29 is 4.74 Å². The third kappa shape index (κ3) is 3.51. The van der Waals surface area contributed by atoms with Crippen LogP contribution in [0.2, 0.25) is 0 Å². The zero-order chi connectivity index (χ0) is 11.8. The van der Waals surface area contributed by atoms with Crippen LogP contribution < -0.4 is 15.8 Å². The molecule has 0 aliphatic rings. The van der Waals surface area contributed by atoms with Crippen LogP contribution in [-0.2, 0) is 0 Å². The molecule has 0 amide bonds. The number of hydrogen-bond acceptors (Lipinski definition) is 5. The molecule has 0 unspecified atom stereocenters. The van der Waals surface area contributed by atoms with Crippen LogP contribution >= 0.6 is 0 Å². The van der Waals surface area contributed by atoms with Crippen LogP contribution in [0, 0.1) is 6.92 Å². The molecule has 0 spiro atoms. The van der Waals surface area contributed by atoms with E-state index >= 15 is 0 Å². The summed E-state index contributed by atoms with van der Waals surface area (Å²) in [4.78, 5) is 8.21. The van der Waals surface area contributed by atoms with Gasteiger partial charge in [-0.25, -0.2) is 9.97 Å². The van der Waals surface area contributed by atoms with Crippen molar-refractivity contribution in [1.29, 1.82) is 0 Å². The number of ether oxygens (including phenoxy) is 1. The van der Waals surface area contributed by atoms with Gasteiger partial charge in [-0.05, 0) is 13.8 Å². The predicted molar refractivity (Wildman–Crippen MR) is 64.6 cm³/mol. The average molecular weight is 222 g/mol. The van der Waals surface area contributed by atoms with Crippen molar-refractivity contribution in [1.82, 2.24) is 9.97 Å². The van der Waals surface area contributed by atoms with Crippen molar-refractivity contribution in [2.24, 2.45) is 5.73 Å². The molecule has 0 saturated carbocycles. The fraction of sp³-hybridized carbons (Fsp3) is 0.455. The molecule has 0 aromatic carbocycles. The van der Waals surface area contributed by atoms with E-state index < -0.39 is 0 Å². The first-order valence-electron chi connectivity index (χ1n) is 5.33. The van der Waals surface area contributed by atoms with Crippen molar-refractivity contribution in [3.63, 3.8) is 0 Å². The molecule has 0 fully saturated rings. The lowest BCUT2D eigenvalue weighted by molar-refractivity contribution is 0.324. The second-order valence-corrected chi connectivity index (χ2v) is 3.17. The van der Waals surface area contributed by atoms with Gasteiger partial charge in [-0.2, -0.15) is 0 Å². The molecule has 1 rings (SSSR count). The third-order valence-corrected chi connectivity index (χ3v) is 2.01. The number of aromatic nitrogens is 2. The van der Waals surface area contributed by atoms with Gasteiger partial charge < -0.3 is 15.8 Å². The Morgan fingerprint density at radius 1 is 1.44 bits per heavy atom. The zero-order valence-corrected chi connectivity index (χ0v) is 9.73. The first-order valence-corrected chi connectivity index (χ1v) is 5.33. The number of rotatable bonds is 6. The third-order valence-electron chi connectivity index (χ3n) is 2.01. The van der Waals surface area contributed by atoms with Gasteiger partial charge in [0, 0.05) is 13.1 Å². The maximum absolute atomic E-state index is 5.38. The van der Waals surface area contributed by atoms with E-state index in [-0.39, 0.29) is 0 Å². The largest absolute Gasteiger partial charge is 0.478 e.